The van der Waals surface area contributed by atoms with Crippen molar-refractivity contribution < 1.29 is 14.3 Å². The van der Waals surface area contributed by atoms with Crippen LogP contribution in [0.3, 0.4) is 0 Å². The molecule has 1 aliphatic heterocycles. The molecule has 0 atom stereocenters. The van der Waals surface area contributed by atoms with E-state index in [0.717, 1.165) is 24.5 Å². The van der Waals surface area contributed by atoms with Gasteiger partial charge in [0.1, 0.15) is 5.75 Å². The minimum atomic E-state index is -0.114. The quantitative estimate of drug-likeness (QED) is 0.843. The Hall–Kier alpha value is -2.54. The first-order valence-electron chi connectivity index (χ1n) is 8.66. The molecule has 0 radical (unpaired) electrons. The summed E-state index contributed by atoms with van der Waals surface area (Å²) in [7, 11) is 1.66. The fourth-order valence-corrected chi connectivity index (χ4v) is 3.58. The van der Waals surface area contributed by atoms with E-state index in [1.165, 1.54) is 11.3 Å². The van der Waals surface area contributed by atoms with Crippen LogP contribution in [-0.2, 0) is 4.79 Å². The van der Waals surface area contributed by atoms with Crippen LogP contribution in [0.2, 0.25) is 0 Å². The zero-order chi connectivity index (χ0) is 18.4. The molecule has 2 amide bonds. The fourth-order valence-electron chi connectivity index (χ4n) is 2.94. The average Bonchev–Trinajstić information content (AvgIpc) is 3.23. The van der Waals surface area contributed by atoms with Crippen molar-refractivity contribution in [3.8, 4) is 5.75 Å². The summed E-state index contributed by atoms with van der Waals surface area (Å²) in [6.45, 7) is 3.38. The van der Waals surface area contributed by atoms with E-state index in [2.05, 4.69) is 10.2 Å². The molecule has 3 rings (SSSR count). The summed E-state index contributed by atoms with van der Waals surface area (Å²) in [5.74, 6) is 0.815. The maximum Gasteiger partial charge on any atom is 0.261 e. The molecule has 0 bridgehead atoms. The topological polar surface area (TPSA) is 61.9 Å². The number of carbonyl (C=O) groups is 2. The molecule has 26 heavy (non-hydrogen) atoms. The Labute approximate surface area is 157 Å². The van der Waals surface area contributed by atoms with Gasteiger partial charge in [-0.25, -0.2) is 0 Å². The lowest BCUT2D eigenvalue weighted by atomic mass is 10.2. The predicted octanol–water partition coefficient (Wildman–Crippen LogP) is 2.23. The van der Waals surface area contributed by atoms with E-state index < -0.39 is 0 Å². The minimum absolute atomic E-state index is 0.0888. The lowest BCUT2D eigenvalue weighted by Gasteiger charge is -2.36. The van der Waals surface area contributed by atoms with Crippen molar-refractivity contribution in [2.75, 3.05) is 44.7 Å². The number of nitrogens with zero attached hydrogens (tertiary/aromatic N) is 2. The maximum atomic E-state index is 12.3. The highest BCUT2D eigenvalue weighted by Crippen LogP contribution is 2.20. The van der Waals surface area contributed by atoms with Gasteiger partial charge in [-0.3, -0.25) is 9.59 Å². The smallest absolute Gasteiger partial charge is 0.261 e. The number of methoxy groups -OCH3 is 1. The van der Waals surface area contributed by atoms with E-state index in [4.69, 9.17) is 4.74 Å². The van der Waals surface area contributed by atoms with Crippen molar-refractivity contribution >= 4 is 28.8 Å². The molecule has 1 aromatic carbocycles. The molecule has 1 aromatic heterocycles. The summed E-state index contributed by atoms with van der Waals surface area (Å²) < 4.78 is 5.18. The van der Waals surface area contributed by atoms with Gasteiger partial charge in [0.25, 0.3) is 5.91 Å². The van der Waals surface area contributed by atoms with Crippen molar-refractivity contribution in [3.63, 3.8) is 0 Å². The van der Waals surface area contributed by atoms with Crippen molar-refractivity contribution in [2.45, 2.75) is 6.42 Å². The number of rotatable bonds is 6. The highest BCUT2D eigenvalue weighted by atomic mass is 32.1. The second kappa shape index (κ2) is 8.71. The number of thiophene rings is 1. The first-order valence-corrected chi connectivity index (χ1v) is 9.54. The molecule has 0 aliphatic carbocycles. The standard InChI is InChI=1S/C19H23N3O3S/c1-25-16-6-4-15(5-7-16)21-10-12-22(13-11-21)18(23)8-9-20-19(24)17-3-2-14-26-17/h2-7,14H,8-13H2,1H3,(H,20,24). The monoisotopic (exact) mass is 373 g/mol. The fraction of sp³-hybridized carbons (Fsp3) is 0.368. The molecule has 2 aromatic rings. The summed E-state index contributed by atoms with van der Waals surface area (Å²) in [5.41, 5.74) is 1.14. The molecule has 1 N–H and O–H groups in total. The van der Waals surface area contributed by atoms with Crippen LogP contribution in [0, 0.1) is 0 Å². The third kappa shape index (κ3) is 4.54. The molecule has 1 fully saturated rings. The normalized spacial score (nSPS) is 14.2. The van der Waals surface area contributed by atoms with Gasteiger partial charge in [-0.05, 0) is 35.7 Å². The molecule has 138 valence electrons. The number of anilines is 1. The number of hydrogen-bond donors (Lipinski definition) is 1. The minimum Gasteiger partial charge on any atom is -0.497 e. The maximum absolute atomic E-state index is 12.3. The molecular formula is C19H23N3O3S. The second-order valence-corrected chi connectivity index (χ2v) is 7.00. The number of nitrogens with one attached hydrogen (secondary N) is 1. The predicted molar refractivity (Wildman–Crippen MR) is 103 cm³/mol. The summed E-state index contributed by atoms with van der Waals surface area (Å²) >= 11 is 1.40. The zero-order valence-electron chi connectivity index (χ0n) is 14.8. The lowest BCUT2D eigenvalue weighted by Crippen LogP contribution is -2.49. The van der Waals surface area contributed by atoms with Gasteiger partial charge >= 0.3 is 0 Å². The first kappa shape index (κ1) is 18.3. The molecule has 0 spiro atoms. The van der Waals surface area contributed by atoms with Gasteiger partial charge in [0, 0.05) is 44.8 Å². The van der Waals surface area contributed by atoms with E-state index in [1.807, 2.05) is 40.6 Å². The van der Waals surface area contributed by atoms with Crippen LogP contribution >= 0.6 is 11.3 Å². The van der Waals surface area contributed by atoms with Gasteiger partial charge in [0.15, 0.2) is 0 Å². The molecule has 1 saturated heterocycles. The van der Waals surface area contributed by atoms with Crippen molar-refractivity contribution in [1.82, 2.24) is 10.2 Å². The van der Waals surface area contributed by atoms with Gasteiger partial charge in [0.05, 0.1) is 12.0 Å². The van der Waals surface area contributed by atoms with Crippen LogP contribution in [0.15, 0.2) is 41.8 Å². The van der Waals surface area contributed by atoms with E-state index in [9.17, 15) is 9.59 Å². The van der Waals surface area contributed by atoms with Gasteiger partial charge in [-0.2, -0.15) is 0 Å². The average molecular weight is 373 g/mol. The Morgan fingerprint density at radius 2 is 1.85 bits per heavy atom. The molecule has 7 heteroatoms. The van der Waals surface area contributed by atoms with E-state index in [1.54, 1.807) is 13.2 Å². The number of ether oxygens (including phenoxy) is 1. The molecular weight excluding hydrogens is 350 g/mol. The number of amides is 2. The number of benzene rings is 1. The van der Waals surface area contributed by atoms with Crippen LogP contribution in [0.25, 0.3) is 0 Å². The number of piperazine rings is 1. The second-order valence-electron chi connectivity index (χ2n) is 6.05. The molecule has 1 aliphatic rings. The highest BCUT2D eigenvalue weighted by Gasteiger charge is 2.21. The first-order chi connectivity index (χ1) is 12.7. The number of hydrogen-bond acceptors (Lipinski definition) is 5. The van der Waals surface area contributed by atoms with Gasteiger partial charge < -0.3 is 19.9 Å². The Balaban J connectivity index is 1.41. The largest absolute Gasteiger partial charge is 0.497 e. The van der Waals surface area contributed by atoms with Gasteiger partial charge in [-0.1, -0.05) is 6.07 Å². The third-order valence-electron chi connectivity index (χ3n) is 4.44. The van der Waals surface area contributed by atoms with E-state index in [0.29, 0.717) is 30.9 Å². The van der Waals surface area contributed by atoms with Crippen molar-refractivity contribution in [1.29, 1.82) is 0 Å². The van der Waals surface area contributed by atoms with Crippen LogP contribution < -0.4 is 15.0 Å². The molecule has 6 nitrogen and oxygen atoms in total. The Morgan fingerprint density at radius 1 is 1.12 bits per heavy atom. The SMILES string of the molecule is COc1ccc(N2CCN(C(=O)CCNC(=O)c3cccs3)CC2)cc1. The van der Waals surface area contributed by atoms with Crippen molar-refractivity contribution in [3.05, 3.63) is 46.7 Å². The van der Waals surface area contributed by atoms with E-state index >= 15 is 0 Å². The lowest BCUT2D eigenvalue weighted by molar-refractivity contribution is -0.131. The summed E-state index contributed by atoms with van der Waals surface area (Å²) in [6.07, 6.45) is 0.333. The Kier molecular flexibility index (Phi) is 6.12. The van der Waals surface area contributed by atoms with Crippen LogP contribution in [0.5, 0.6) is 5.75 Å². The van der Waals surface area contributed by atoms with Gasteiger partial charge in [0.2, 0.25) is 5.91 Å². The van der Waals surface area contributed by atoms with Crippen LogP contribution in [0.4, 0.5) is 5.69 Å². The summed E-state index contributed by atoms with van der Waals surface area (Å²) in [6, 6.07) is 11.6. The Bertz CT molecular complexity index is 723. The molecule has 0 unspecified atom stereocenters. The van der Waals surface area contributed by atoms with Crippen LogP contribution in [0.1, 0.15) is 16.1 Å². The third-order valence-corrected chi connectivity index (χ3v) is 5.31. The van der Waals surface area contributed by atoms with Crippen molar-refractivity contribution in [2.24, 2.45) is 0 Å². The van der Waals surface area contributed by atoms with E-state index in [-0.39, 0.29) is 11.8 Å². The molecule has 0 saturated carbocycles. The van der Waals surface area contributed by atoms with Crippen LogP contribution in [-0.4, -0.2) is 56.5 Å². The number of carbonyl (C=O) groups excluding carboxylic acids is 2. The highest BCUT2D eigenvalue weighted by molar-refractivity contribution is 7.12. The molecule has 2 heterocycles. The Morgan fingerprint density at radius 3 is 2.46 bits per heavy atom. The zero-order valence-corrected chi connectivity index (χ0v) is 15.6. The summed E-state index contributed by atoms with van der Waals surface area (Å²) in [4.78, 5) is 29.0. The van der Waals surface area contributed by atoms with Gasteiger partial charge in [-0.15, -0.1) is 11.3 Å². The summed E-state index contributed by atoms with van der Waals surface area (Å²) in [5, 5.41) is 4.67.